The van der Waals surface area contributed by atoms with E-state index in [1.807, 2.05) is 0 Å². The molecule has 0 bridgehead atoms. The zero-order chi connectivity index (χ0) is 20.6. The molecule has 0 fully saturated rings. The van der Waals surface area contributed by atoms with E-state index in [4.69, 9.17) is 0 Å². The maximum absolute atomic E-state index is 2.42. The van der Waals surface area contributed by atoms with Crippen molar-refractivity contribution in [2.45, 2.75) is 0 Å². The molecule has 0 saturated carbocycles. The molecular weight excluding hydrogens is 430 g/mol. The second-order valence-electron chi connectivity index (χ2n) is 8.14. The van der Waals surface area contributed by atoms with Gasteiger partial charge in [-0.05, 0) is 0 Å². The van der Waals surface area contributed by atoms with Gasteiger partial charge in [0, 0.05) is 0 Å². The van der Waals surface area contributed by atoms with Crippen molar-refractivity contribution in [3.63, 3.8) is 0 Å². The summed E-state index contributed by atoms with van der Waals surface area (Å²) < 4.78 is 4.62. The van der Waals surface area contributed by atoms with Gasteiger partial charge in [0.05, 0.1) is 0 Å². The molecular formula is C30H21Ga. The molecule has 0 N–H and O–H groups in total. The van der Waals surface area contributed by atoms with Crippen molar-refractivity contribution in [2.24, 2.45) is 0 Å². The second kappa shape index (κ2) is 7.77. The number of hydrogen-bond donors (Lipinski definition) is 0. The van der Waals surface area contributed by atoms with Gasteiger partial charge in [0.2, 0.25) is 0 Å². The van der Waals surface area contributed by atoms with Crippen LogP contribution in [0.2, 0.25) is 0 Å². The van der Waals surface area contributed by atoms with Crippen molar-refractivity contribution in [2.75, 3.05) is 0 Å². The standard InChI is InChI=1S/3C10H7.Ga/c3*1-2-6-10-8-4-3-7-9(10)5-1;/h3*1-7H;. The van der Waals surface area contributed by atoms with Crippen LogP contribution in [-0.2, 0) is 0 Å². The Morgan fingerprint density at radius 1 is 0.290 bits per heavy atom. The molecule has 0 spiro atoms. The SMILES string of the molecule is c1ccc2[c]([Ga]([c]3cccc4ccccc34)[c]3cccc4ccccc34)cccc2c1. The van der Waals surface area contributed by atoms with Crippen molar-refractivity contribution >= 4 is 60.9 Å². The van der Waals surface area contributed by atoms with Gasteiger partial charge in [-0.15, -0.1) is 0 Å². The predicted molar refractivity (Wildman–Crippen MR) is 136 cm³/mol. The van der Waals surface area contributed by atoms with E-state index in [2.05, 4.69) is 127 Å². The molecule has 6 aromatic rings. The average Bonchev–Trinajstić information content (AvgIpc) is 2.85. The third-order valence-corrected chi connectivity index (χ3v) is 13.5. The number of benzene rings is 6. The fourth-order valence-corrected chi connectivity index (χ4v) is 12.6. The summed E-state index contributed by atoms with van der Waals surface area (Å²) in [6.45, 7) is 0. The van der Waals surface area contributed by atoms with Crippen LogP contribution in [0.3, 0.4) is 0 Å². The maximum atomic E-state index is 2.39. The van der Waals surface area contributed by atoms with Crippen molar-refractivity contribution in [3.05, 3.63) is 127 Å². The van der Waals surface area contributed by atoms with E-state index in [1.165, 1.54) is 32.3 Å². The van der Waals surface area contributed by atoms with Crippen LogP contribution >= 0.6 is 0 Å². The molecule has 6 rings (SSSR count). The fraction of sp³-hybridized carbons (Fsp3) is 0. The van der Waals surface area contributed by atoms with Gasteiger partial charge in [0.25, 0.3) is 0 Å². The first-order chi connectivity index (χ1) is 15.4. The van der Waals surface area contributed by atoms with E-state index in [0.29, 0.717) is 0 Å². The molecule has 0 aliphatic heterocycles. The Hall–Kier alpha value is -3.26. The summed E-state index contributed by atoms with van der Waals surface area (Å²) in [6.07, 6.45) is 0. The van der Waals surface area contributed by atoms with Crippen LogP contribution in [-0.4, -0.2) is 16.2 Å². The molecule has 0 radical (unpaired) electrons. The van der Waals surface area contributed by atoms with Crippen LogP contribution in [0.25, 0.3) is 32.3 Å². The second-order valence-corrected chi connectivity index (χ2v) is 13.9. The molecule has 1 heteroatoms. The summed E-state index contributed by atoms with van der Waals surface area (Å²) in [5.41, 5.74) is 0. The van der Waals surface area contributed by atoms with Crippen LogP contribution < -0.4 is 12.4 Å². The Morgan fingerprint density at radius 3 is 0.935 bits per heavy atom. The van der Waals surface area contributed by atoms with Gasteiger partial charge in [0.15, 0.2) is 0 Å². The first-order valence-corrected chi connectivity index (χ1v) is 14.5. The Kier molecular flexibility index (Phi) is 4.64. The Bertz CT molecular complexity index is 1340. The van der Waals surface area contributed by atoms with Crippen molar-refractivity contribution in [3.8, 4) is 0 Å². The first kappa shape index (κ1) is 18.5. The minimum atomic E-state index is -2.42. The van der Waals surface area contributed by atoms with E-state index in [9.17, 15) is 0 Å². The van der Waals surface area contributed by atoms with Gasteiger partial charge in [-0.1, -0.05) is 0 Å². The van der Waals surface area contributed by atoms with Gasteiger partial charge in [-0.2, -0.15) is 0 Å². The molecule has 0 unspecified atom stereocenters. The third-order valence-electron chi connectivity index (χ3n) is 6.40. The summed E-state index contributed by atoms with van der Waals surface area (Å²) in [5.74, 6) is 0. The van der Waals surface area contributed by atoms with Crippen LogP contribution in [0, 0.1) is 0 Å². The van der Waals surface area contributed by atoms with Crippen LogP contribution in [0.15, 0.2) is 127 Å². The minimum absolute atomic E-state index is 1.33. The Morgan fingerprint density at radius 2 is 0.581 bits per heavy atom. The van der Waals surface area contributed by atoms with E-state index >= 15 is 0 Å². The number of rotatable bonds is 3. The summed E-state index contributed by atoms with van der Waals surface area (Å²) in [6, 6.07) is 47.2. The molecule has 0 aliphatic rings. The van der Waals surface area contributed by atoms with Crippen molar-refractivity contribution in [1.82, 2.24) is 0 Å². The van der Waals surface area contributed by atoms with Crippen LogP contribution in [0.1, 0.15) is 0 Å². The molecule has 0 aromatic heterocycles. The molecule has 144 valence electrons. The molecule has 0 nitrogen and oxygen atoms in total. The molecule has 0 atom stereocenters. The Labute approximate surface area is 187 Å². The number of fused-ring (bicyclic) bond motifs is 3. The monoisotopic (exact) mass is 450 g/mol. The normalized spacial score (nSPS) is 11.2. The summed E-state index contributed by atoms with van der Waals surface area (Å²) in [7, 11) is 0. The van der Waals surface area contributed by atoms with E-state index in [0.717, 1.165) is 0 Å². The predicted octanol–water partition coefficient (Wildman–Crippen LogP) is 5.66. The van der Waals surface area contributed by atoms with Crippen molar-refractivity contribution < 1.29 is 0 Å². The van der Waals surface area contributed by atoms with Gasteiger partial charge in [0.1, 0.15) is 0 Å². The average molecular weight is 451 g/mol. The van der Waals surface area contributed by atoms with Gasteiger partial charge in [-0.25, -0.2) is 0 Å². The topological polar surface area (TPSA) is 0 Å². The summed E-state index contributed by atoms with van der Waals surface area (Å²) >= 11 is -2.42. The molecule has 0 saturated heterocycles. The molecule has 6 aromatic carbocycles. The summed E-state index contributed by atoms with van der Waals surface area (Å²) in [5, 5.41) is 8.19. The van der Waals surface area contributed by atoms with Crippen LogP contribution in [0.4, 0.5) is 0 Å². The zero-order valence-corrected chi connectivity index (χ0v) is 19.6. The first-order valence-electron chi connectivity index (χ1n) is 10.8. The molecule has 0 heterocycles. The van der Waals surface area contributed by atoms with Crippen LogP contribution in [0.5, 0.6) is 0 Å². The number of hydrogen-bond acceptors (Lipinski definition) is 0. The Balaban J connectivity index is 1.75. The molecule has 0 aliphatic carbocycles. The van der Waals surface area contributed by atoms with E-state index in [-0.39, 0.29) is 0 Å². The quantitative estimate of drug-likeness (QED) is 0.305. The molecule has 31 heavy (non-hydrogen) atoms. The van der Waals surface area contributed by atoms with E-state index in [1.54, 1.807) is 12.4 Å². The molecule has 0 amide bonds. The fourth-order valence-electron chi connectivity index (χ4n) is 5.01. The van der Waals surface area contributed by atoms with Gasteiger partial charge < -0.3 is 0 Å². The van der Waals surface area contributed by atoms with E-state index < -0.39 is 16.2 Å². The van der Waals surface area contributed by atoms with Gasteiger partial charge >= 0.3 is 188 Å². The zero-order valence-electron chi connectivity index (χ0n) is 17.2. The summed E-state index contributed by atoms with van der Waals surface area (Å²) in [4.78, 5) is 0. The third kappa shape index (κ3) is 3.18. The van der Waals surface area contributed by atoms with Crippen molar-refractivity contribution in [1.29, 1.82) is 0 Å². The van der Waals surface area contributed by atoms with Gasteiger partial charge in [-0.3, -0.25) is 0 Å².